The summed E-state index contributed by atoms with van der Waals surface area (Å²) in [6.45, 7) is 22.8. The van der Waals surface area contributed by atoms with E-state index in [0.717, 1.165) is 159 Å². The monoisotopic (exact) mass is 1520 g/mol. The number of piperidine rings is 3. The minimum Gasteiger partial charge on any atom is -0.387 e. The SMILES string of the molecule is CNC1CCN(C(=O)C2CCCN2)CC1.CNC1CCN(C(=O)c2cccnc2)CC1.CNC1CCN(C(=O)c2ccncc2)CC1.CNC1CCN(S(C)(=O)=O)C1.CNCCN1CCNCC1.CNc1ccc(=O)n(C)c1.CNc1ccncn1.CNc1cnn(CCNC(C)(C)C)c1.CNc1ncccn1. The highest BCUT2D eigenvalue weighted by molar-refractivity contribution is 7.88. The Labute approximate surface area is 643 Å². The molecule has 6 saturated heterocycles. The normalized spacial score (nSPS) is 17.6. The number of likely N-dealkylation sites (tertiary alicyclic amines) is 3. The van der Waals surface area contributed by atoms with E-state index < -0.39 is 10.0 Å². The maximum absolute atomic E-state index is 12.1. The molecule has 6 aromatic heterocycles. The fourth-order valence-electron chi connectivity index (χ4n) is 11.8. The Morgan fingerprint density at radius 3 is 1.56 bits per heavy atom. The van der Waals surface area contributed by atoms with Crippen molar-refractivity contribution >= 4 is 50.9 Å². The summed E-state index contributed by atoms with van der Waals surface area (Å²) in [4.78, 5) is 78.6. The summed E-state index contributed by atoms with van der Waals surface area (Å²) in [5.74, 6) is 2.05. The van der Waals surface area contributed by atoms with Gasteiger partial charge in [-0.25, -0.2) is 32.7 Å². The number of carbonyl (C=O) groups is 3. The molecule has 12 N–H and O–H groups in total. The van der Waals surface area contributed by atoms with Crippen molar-refractivity contribution < 1.29 is 22.8 Å². The van der Waals surface area contributed by atoms with Crippen LogP contribution in [0.1, 0.15) is 99.3 Å². The Hall–Kier alpha value is -8.22. The van der Waals surface area contributed by atoms with Crippen LogP contribution in [0.15, 0.2) is 122 Å². The molecule has 108 heavy (non-hydrogen) atoms. The van der Waals surface area contributed by atoms with Crippen LogP contribution in [0, 0.1) is 0 Å². The Kier molecular flexibility index (Phi) is 45.0. The number of carbonyl (C=O) groups excluding carboxylic acids is 3. The molecule has 6 aliphatic heterocycles. The van der Waals surface area contributed by atoms with Crippen molar-refractivity contribution in [2.24, 2.45) is 7.05 Å². The van der Waals surface area contributed by atoms with Gasteiger partial charge in [-0.2, -0.15) is 5.10 Å². The molecule has 6 aromatic rings. The maximum Gasteiger partial charge on any atom is 0.255 e. The van der Waals surface area contributed by atoms with Gasteiger partial charge in [-0.1, -0.05) is 0 Å². The van der Waals surface area contributed by atoms with E-state index in [1.54, 1.807) is 100 Å². The third kappa shape index (κ3) is 37.3. The molecular formula is C75H130N26O6S. The van der Waals surface area contributed by atoms with Crippen LogP contribution in [0.25, 0.3) is 0 Å². The van der Waals surface area contributed by atoms with E-state index in [4.69, 9.17) is 0 Å². The summed E-state index contributed by atoms with van der Waals surface area (Å²) >= 11 is 0. The smallest absolute Gasteiger partial charge is 0.255 e. The van der Waals surface area contributed by atoms with Gasteiger partial charge in [-0.15, -0.1) is 0 Å². The van der Waals surface area contributed by atoms with Gasteiger partial charge in [-0.05, 0) is 163 Å². The topological polar surface area (TPSA) is 363 Å². The summed E-state index contributed by atoms with van der Waals surface area (Å²) in [6, 6.07) is 16.2. The first-order valence-corrected chi connectivity index (χ1v) is 39.7. The Balaban J connectivity index is 0.000000259. The second-order valence-corrected chi connectivity index (χ2v) is 29.5. The highest BCUT2D eigenvalue weighted by Gasteiger charge is 2.30. The second-order valence-electron chi connectivity index (χ2n) is 27.5. The lowest BCUT2D eigenvalue weighted by molar-refractivity contribution is -0.134. The predicted octanol–water partition coefficient (Wildman–Crippen LogP) is 2.89. The lowest BCUT2D eigenvalue weighted by Gasteiger charge is -2.33. The van der Waals surface area contributed by atoms with E-state index in [2.05, 4.69) is 124 Å². The lowest BCUT2D eigenvalue weighted by atomic mass is 10.0. The van der Waals surface area contributed by atoms with E-state index in [-0.39, 0.29) is 29.0 Å². The molecule has 0 spiro atoms. The van der Waals surface area contributed by atoms with E-state index in [9.17, 15) is 27.6 Å². The fraction of sp³-hybridized carbons (Fsp3) is 0.613. The molecule has 0 radical (unpaired) electrons. The summed E-state index contributed by atoms with van der Waals surface area (Å²) in [5.41, 5.74) is 3.61. The quantitative estimate of drug-likeness (QED) is 0.0588. The molecule has 3 amide bonds. The number of aromatic nitrogens is 9. The van der Waals surface area contributed by atoms with Crippen molar-refractivity contribution in [1.29, 1.82) is 0 Å². The van der Waals surface area contributed by atoms with Crippen LogP contribution in [0.2, 0.25) is 0 Å². The zero-order valence-corrected chi connectivity index (χ0v) is 67.7. The van der Waals surface area contributed by atoms with Crippen molar-refractivity contribution in [3.63, 3.8) is 0 Å². The number of aryl methyl sites for hydroxylation is 1. The van der Waals surface area contributed by atoms with Gasteiger partial charge < -0.3 is 83.1 Å². The molecule has 0 aliphatic carbocycles. The fourth-order valence-corrected chi connectivity index (χ4v) is 12.7. The van der Waals surface area contributed by atoms with Gasteiger partial charge in [0.2, 0.25) is 27.4 Å². The molecule has 2 unspecified atom stereocenters. The minimum atomic E-state index is -2.95. The number of anilines is 4. The van der Waals surface area contributed by atoms with Crippen LogP contribution in [0.3, 0.4) is 0 Å². The summed E-state index contributed by atoms with van der Waals surface area (Å²) in [6.07, 6.45) is 29.5. The van der Waals surface area contributed by atoms with Gasteiger partial charge >= 0.3 is 0 Å². The summed E-state index contributed by atoms with van der Waals surface area (Å²) in [5, 5.41) is 41.9. The number of pyridine rings is 3. The van der Waals surface area contributed by atoms with Crippen LogP contribution in [0.4, 0.5) is 23.1 Å². The molecule has 0 aromatic carbocycles. The molecule has 6 fully saturated rings. The summed E-state index contributed by atoms with van der Waals surface area (Å²) < 4.78 is 27.0. The van der Waals surface area contributed by atoms with Crippen molar-refractivity contribution in [3.05, 3.63) is 138 Å². The number of likely N-dealkylation sites (N-methyl/N-ethyl adjacent to an activating group) is 2. The number of sulfonamides is 1. The number of nitrogens with one attached hydrogen (secondary N) is 12. The molecule has 32 nitrogen and oxygen atoms in total. The first-order chi connectivity index (χ1) is 52.0. The van der Waals surface area contributed by atoms with Crippen LogP contribution in [-0.2, 0) is 28.4 Å². The van der Waals surface area contributed by atoms with Gasteiger partial charge in [0.1, 0.15) is 12.1 Å². The number of rotatable bonds is 18. The van der Waals surface area contributed by atoms with Gasteiger partial charge in [0, 0.05) is 231 Å². The van der Waals surface area contributed by atoms with Gasteiger partial charge in [0.05, 0.1) is 42.0 Å². The van der Waals surface area contributed by atoms with Gasteiger partial charge in [0.25, 0.3) is 11.8 Å². The van der Waals surface area contributed by atoms with Crippen LogP contribution in [-0.4, -0.2) is 304 Å². The van der Waals surface area contributed by atoms with Gasteiger partial charge in [0.15, 0.2) is 0 Å². The first kappa shape index (κ1) is 92.2. The number of hydrogen-bond donors (Lipinski definition) is 12. The van der Waals surface area contributed by atoms with Crippen LogP contribution < -0.4 is 69.4 Å². The Morgan fingerprint density at radius 2 is 1.12 bits per heavy atom. The number of nitrogens with zero attached hydrogens (tertiary/aromatic N) is 14. The van der Waals surface area contributed by atoms with Crippen molar-refractivity contribution in [2.45, 2.75) is 121 Å². The third-order valence-corrected chi connectivity index (χ3v) is 19.9. The van der Waals surface area contributed by atoms with Crippen molar-refractivity contribution in [3.8, 4) is 0 Å². The van der Waals surface area contributed by atoms with Crippen molar-refractivity contribution in [1.82, 2.24) is 111 Å². The van der Waals surface area contributed by atoms with Crippen LogP contribution in [0.5, 0.6) is 0 Å². The first-order valence-electron chi connectivity index (χ1n) is 37.8. The van der Waals surface area contributed by atoms with Crippen LogP contribution >= 0.6 is 0 Å². The average Bonchev–Trinajstić information content (AvgIpc) is 1.71. The molecule has 602 valence electrons. The number of hydrogen-bond acceptors (Lipinski definition) is 26. The highest BCUT2D eigenvalue weighted by Crippen LogP contribution is 2.18. The molecule has 0 saturated carbocycles. The molecule has 12 rings (SSSR count). The molecule has 2 atom stereocenters. The molecule has 33 heteroatoms. The van der Waals surface area contributed by atoms with Gasteiger partial charge in [-0.3, -0.25) is 38.7 Å². The number of amides is 3. The maximum atomic E-state index is 12.1. The highest BCUT2D eigenvalue weighted by atomic mass is 32.2. The molecular weight excluding hydrogens is 1390 g/mol. The Morgan fingerprint density at radius 1 is 0.546 bits per heavy atom. The van der Waals surface area contributed by atoms with E-state index >= 15 is 0 Å². The lowest BCUT2D eigenvalue weighted by Crippen LogP contribution is -2.49. The zero-order chi connectivity index (χ0) is 79.0. The average molecular weight is 1520 g/mol. The third-order valence-electron chi connectivity index (χ3n) is 18.6. The zero-order valence-electron chi connectivity index (χ0n) is 66.9. The molecule has 0 bridgehead atoms. The molecule has 12 heterocycles. The largest absolute Gasteiger partial charge is 0.387 e. The van der Waals surface area contributed by atoms with E-state index in [0.29, 0.717) is 54.7 Å². The predicted molar refractivity (Wildman–Crippen MR) is 435 cm³/mol. The molecule has 6 aliphatic rings. The number of piperazine rings is 1. The van der Waals surface area contributed by atoms with E-state index in [1.165, 1.54) is 47.2 Å². The minimum absolute atomic E-state index is 0.0130. The van der Waals surface area contributed by atoms with Crippen molar-refractivity contribution in [2.75, 3.05) is 196 Å². The Bertz CT molecular complexity index is 3380. The van der Waals surface area contributed by atoms with E-state index in [1.807, 2.05) is 94.2 Å². The summed E-state index contributed by atoms with van der Waals surface area (Å²) in [7, 11) is 15.9. The second kappa shape index (κ2) is 52.8. The standard InChI is InChI=1S/2C12H17N3O.C11H21N3O.C10H20N4.C7H17N3.C7H10N2O.C6H14N2O2S.2C5H7N3/c1-13-11-4-8-15(9-5-11)12(16)10-2-6-14-7-3-10;1-13-11-4-7-15(8-5-11)12(16)10-3-2-6-14-9-10;1-12-9-4-7-14(8-5-9)11(15)10-3-2-6-13-10;1-10(2,3)12-5-6-14-8-9(11-4)7-13-14;1-8-2-5-10-6-3-9-4-7-10;1-8-6-3-4-7(10)9(2)5-6;1-7-6-3-4-8(5-6)11(2,9)10;1-6-5-2-3-7-4-8-5;1-6-5-7-3-2-4-8-5/h2-3,6-7,11,13H,4-5,8-9H2,1H3;2-3,6,9,11,13H,4-5,7-8H2,1H3;9-10,12-13H,2-8H2,1H3;7-8,11-12H,5-6H2,1-4H3;8-9H,2-7H2,1H3;3-5,8H,1-2H3;6-7H,3-5H2,1-2H3;2*2-4H,1H3,(H,6,7,8).